The molecule has 0 radical (unpaired) electrons. The van der Waals surface area contributed by atoms with Gasteiger partial charge in [0, 0.05) is 12.2 Å². The number of anilines is 1. The summed E-state index contributed by atoms with van der Waals surface area (Å²) in [5.41, 5.74) is 0.335. The Morgan fingerprint density at radius 2 is 2.20 bits per heavy atom. The number of hydrogen-bond acceptors (Lipinski definition) is 2. The standard InChI is InChI=1S/C9H7ClFNO2S/c10-5-3-7-8(4-6(5)11)15(14)2-1-9(13)12-7/h3-4H,1-2H2,(H,12,13). The van der Waals surface area contributed by atoms with E-state index in [1.807, 2.05) is 0 Å². The van der Waals surface area contributed by atoms with Crippen molar-refractivity contribution in [3.63, 3.8) is 0 Å². The minimum Gasteiger partial charge on any atom is -0.325 e. The summed E-state index contributed by atoms with van der Waals surface area (Å²) in [4.78, 5) is 11.5. The van der Waals surface area contributed by atoms with E-state index in [2.05, 4.69) is 5.32 Å². The van der Waals surface area contributed by atoms with E-state index >= 15 is 0 Å². The van der Waals surface area contributed by atoms with Gasteiger partial charge < -0.3 is 5.32 Å². The Kier molecular flexibility index (Phi) is 2.75. The molecule has 1 heterocycles. The Morgan fingerprint density at radius 3 is 2.93 bits per heavy atom. The summed E-state index contributed by atoms with van der Waals surface area (Å²) in [5, 5.41) is 2.45. The van der Waals surface area contributed by atoms with E-state index in [0.29, 0.717) is 10.6 Å². The minimum absolute atomic E-state index is 0.0899. The first-order valence-corrected chi connectivity index (χ1v) is 5.95. The molecule has 80 valence electrons. The van der Waals surface area contributed by atoms with E-state index in [1.165, 1.54) is 6.07 Å². The van der Waals surface area contributed by atoms with Crippen LogP contribution < -0.4 is 5.32 Å². The van der Waals surface area contributed by atoms with E-state index in [1.54, 1.807) is 0 Å². The Labute approximate surface area is 93.1 Å². The van der Waals surface area contributed by atoms with Gasteiger partial charge >= 0.3 is 0 Å². The molecule has 1 atom stereocenters. The molecule has 0 aromatic heterocycles. The maximum Gasteiger partial charge on any atom is 0.225 e. The molecule has 1 aromatic rings. The number of carbonyl (C=O) groups excluding carboxylic acids is 1. The van der Waals surface area contributed by atoms with Crippen molar-refractivity contribution >= 4 is 34.0 Å². The number of hydrogen-bond donors (Lipinski definition) is 1. The molecular weight excluding hydrogens is 241 g/mol. The Balaban J connectivity index is 2.57. The predicted octanol–water partition coefficient (Wildman–Crippen LogP) is 1.93. The summed E-state index contributed by atoms with van der Waals surface area (Å²) in [7, 11) is -1.35. The first kappa shape index (κ1) is 10.6. The van der Waals surface area contributed by atoms with Crippen molar-refractivity contribution in [3.8, 4) is 0 Å². The third-order valence-corrected chi connectivity index (χ3v) is 3.75. The monoisotopic (exact) mass is 247 g/mol. The van der Waals surface area contributed by atoms with Crippen LogP contribution in [0.1, 0.15) is 6.42 Å². The zero-order valence-electron chi connectivity index (χ0n) is 7.55. The van der Waals surface area contributed by atoms with Crippen LogP contribution in [0.3, 0.4) is 0 Å². The topological polar surface area (TPSA) is 46.2 Å². The highest BCUT2D eigenvalue weighted by Crippen LogP contribution is 2.29. The molecule has 1 unspecified atom stereocenters. The molecule has 2 rings (SSSR count). The first-order chi connectivity index (χ1) is 7.08. The smallest absolute Gasteiger partial charge is 0.225 e. The van der Waals surface area contributed by atoms with E-state index in [9.17, 15) is 13.4 Å². The number of nitrogens with one attached hydrogen (secondary N) is 1. The van der Waals surface area contributed by atoms with Crippen LogP contribution in [0.25, 0.3) is 0 Å². The van der Waals surface area contributed by atoms with E-state index in [-0.39, 0.29) is 23.1 Å². The van der Waals surface area contributed by atoms with Crippen molar-refractivity contribution in [3.05, 3.63) is 23.0 Å². The lowest BCUT2D eigenvalue weighted by molar-refractivity contribution is -0.115. The zero-order valence-corrected chi connectivity index (χ0v) is 9.12. The quantitative estimate of drug-likeness (QED) is 0.762. The van der Waals surface area contributed by atoms with Crippen molar-refractivity contribution in [2.75, 3.05) is 11.1 Å². The van der Waals surface area contributed by atoms with Crippen LogP contribution in [-0.2, 0) is 15.6 Å². The molecular formula is C9H7ClFNO2S. The number of benzene rings is 1. The first-order valence-electron chi connectivity index (χ1n) is 4.25. The molecule has 15 heavy (non-hydrogen) atoms. The maximum absolute atomic E-state index is 13.1. The molecule has 1 aliphatic rings. The third-order valence-electron chi connectivity index (χ3n) is 2.06. The fraction of sp³-hybridized carbons (Fsp3) is 0.222. The number of amides is 1. The van der Waals surface area contributed by atoms with Crippen LogP contribution in [0, 0.1) is 5.82 Å². The highest BCUT2D eigenvalue weighted by molar-refractivity contribution is 7.85. The lowest BCUT2D eigenvalue weighted by Crippen LogP contribution is -2.10. The molecule has 1 amide bonds. The molecule has 0 aliphatic carbocycles. The Bertz CT molecular complexity index is 464. The van der Waals surface area contributed by atoms with Crippen LogP contribution in [0.5, 0.6) is 0 Å². The van der Waals surface area contributed by atoms with Crippen LogP contribution in [-0.4, -0.2) is 15.9 Å². The fourth-order valence-corrected chi connectivity index (χ4v) is 2.67. The summed E-state index contributed by atoms with van der Waals surface area (Å²) in [6, 6.07) is 2.40. The van der Waals surface area contributed by atoms with Gasteiger partial charge in [0.2, 0.25) is 5.91 Å². The Hall–Kier alpha value is -0.940. The summed E-state index contributed by atoms with van der Waals surface area (Å²) < 4.78 is 24.8. The fourth-order valence-electron chi connectivity index (χ4n) is 1.32. The largest absolute Gasteiger partial charge is 0.325 e. The summed E-state index contributed by atoms with van der Waals surface area (Å²) in [6.07, 6.45) is 0.167. The molecule has 0 saturated heterocycles. The SMILES string of the molecule is O=C1CCS(=O)c2cc(F)c(Cl)cc2N1. The average molecular weight is 248 g/mol. The molecule has 6 heteroatoms. The van der Waals surface area contributed by atoms with Gasteiger partial charge in [0.05, 0.1) is 26.4 Å². The number of carbonyl (C=O) groups is 1. The molecule has 0 saturated carbocycles. The molecule has 0 spiro atoms. The highest BCUT2D eigenvalue weighted by atomic mass is 35.5. The van der Waals surface area contributed by atoms with Gasteiger partial charge in [-0.2, -0.15) is 0 Å². The molecule has 1 aromatic carbocycles. The van der Waals surface area contributed by atoms with Crippen LogP contribution in [0.4, 0.5) is 10.1 Å². The minimum atomic E-state index is -1.35. The van der Waals surface area contributed by atoms with Gasteiger partial charge in [-0.25, -0.2) is 4.39 Å². The Morgan fingerprint density at radius 1 is 1.47 bits per heavy atom. The molecule has 0 fully saturated rings. The molecule has 1 aliphatic heterocycles. The van der Waals surface area contributed by atoms with Crippen molar-refractivity contribution in [1.82, 2.24) is 0 Å². The maximum atomic E-state index is 13.1. The molecule has 0 bridgehead atoms. The average Bonchev–Trinajstić information content (AvgIpc) is 2.30. The second-order valence-electron chi connectivity index (χ2n) is 3.11. The van der Waals surface area contributed by atoms with Gasteiger partial charge in [0.15, 0.2) is 0 Å². The highest BCUT2D eigenvalue weighted by Gasteiger charge is 2.20. The van der Waals surface area contributed by atoms with Crippen molar-refractivity contribution < 1.29 is 13.4 Å². The second kappa shape index (κ2) is 3.90. The van der Waals surface area contributed by atoms with Gasteiger partial charge in [0.1, 0.15) is 5.82 Å². The summed E-state index contributed by atoms with van der Waals surface area (Å²) in [6.45, 7) is 0. The third kappa shape index (κ3) is 2.03. The van der Waals surface area contributed by atoms with Crippen LogP contribution in [0.15, 0.2) is 17.0 Å². The number of rotatable bonds is 0. The van der Waals surface area contributed by atoms with Gasteiger partial charge in [-0.05, 0) is 12.1 Å². The van der Waals surface area contributed by atoms with Crippen molar-refractivity contribution in [1.29, 1.82) is 0 Å². The van der Waals surface area contributed by atoms with Gasteiger partial charge in [0.25, 0.3) is 0 Å². The predicted molar refractivity (Wildman–Crippen MR) is 55.9 cm³/mol. The van der Waals surface area contributed by atoms with Gasteiger partial charge in [-0.3, -0.25) is 9.00 Å². The van der Waals surface area contributed by atoms with Crippen molar-refractivity contribution in [2.24, 2.45) is 0 Å². The summed E-state index contributed by atoms with van der Waals surface area (Å²) >= 11 is 5.57. The molecule has 1 N–H and O–H groups in total. The lowest BCUT2D eigenvalue weighted by atomic mass is 10.3. The molecule has 3 nitrogen and oxygen atoms in total. The van der Waals surface area contributed by atoms with E-state index in [4.69, 9.17) is 11.6 Å². The van der Waals surface area contributed by atoms with Gasteiger partial charge in [-0.15, -0.1) is 0 Å². The van der Waals surface area contributed by atoms with E-state index < -0.39 is 16.6 Å². The van der Waals surface area contributed by atoms with Crippen LogP contribution >= 0.6 is 11.6 Å². The normalized spacial score (nSPS) is 20.4. The van der Waals surface area contributed by atoms with Gasteiger partial charge in [-0.1, -0.05) is 11.6 Å². The zero-order chi connectivity index (χ0) is 11.0. The number of halogens is 2. The second-order valence-corrected chi connectivity index (χ2v) is 5.06. The van der Waals surface area contributed by atoms with Crippen LogP contribution in [0.2, 0.25) is 5.02 Å². The lowest BCUT2D eigenvalue weighted by Gasteiger charge is -2.06. The summed E-state index contributed by atoms with van der Waals surface area (Å²) in [5.74, 6) is -0.649. The van der Waals surface area contributed by atoms with E-state index in [0.717, 1.165) is 6.07 Å². The number of fused-ring (bicyclic) bond motifs is 1. The van der Waals surface area contributed by atoms with Crippen molar-refractivity contribution in [2.45, 2.75) is 11.3 Å².